The van der Waals surface area contributed by atoms with Gasteiger partial charge in [0.25, 0.3) is 0 Å². The van der Waals surface area contributed by atoms with Crippen molar-refractivity contribution >= 4 is 0 Å². The van der Waals surface area contributed by atoms with Crippen molar-refractivity contribution in [3.05, 3.63) is 41.6 Å². The molecule has 6 heteroatoms. The zero-order valence-corrected chi connectivity index (χ0v) is 14.4. The van der Waals surface area contributed by atoms with Crippen LogP contribution in [0, 0.1) is 0 Å². The summed E-state index contributed by atoms with van der Waals surface area (Å²) in [7, 11) is 4.99. The van der Waals surface area contributed by atoms with Crippen LogP contribution in [0.2, 0.25) is 0 Å². The Hall–Kier alpha value is -2.34. The van der Waals surface area contributed by atoms with Crippen LogP contribution in [0.4, 0.5) is 0 Å². The van der Waals surface area contributed by atoms with Crippen molar-refractivity contribution in [2.75, 3.05) is 27.9 Å². The second-order valence-electron chi connectivity index (χ2n) is 5.80. The van der Waals surface area contributed by atoms with Crippen LogP contribution in [0.25, 0.3) is 0 Å². The van der Waals surface area contributed by atoms with E-state index >= 15 is 0 Å². The molecule has 2 aromatic rings. The molecule has 1 saturated heterocycles. The first kappa shape index (κ1) is 16.5. The Labute approximate surface area is 142 Å². The fourth-order valence-corrected chi connectivity index (χ4v) is 3.22. The van der Waals surface area contributed by atoms with Gasteiger partial charge in [-0.25, -0.2) is 0 Å². The fraction of sp³-hybridized carbons (Fsp3) is 0.444. The van der Waals surface area contributed by atoms with Gasteiger partial charge in [-0.15, -0.1) is 5.10 Å². The van der Waals surface area contributed by atoms with Crippen LogP contribution >= 0.6 is 0 Å². The molecule has 6 nitrogen and oxygen atoms in total. The zero-order valence-electron chi connectivity index (χ0n) is 14.4. The summed E-state index contributed by atoms with van der Waals surface area (Å²) in [5.74, 6) is 2.28. The summed E-state index contributed by atoms with van der Waals surface area (Å²) in [5, 5.41) is 8.30. The number of hydrogen-bond donors (Lipinski definition) is 0. The normalized spacial score (nSPS) is 17.7. The molecule has 0 saturated carbocycles. The summed E-state index contributed by atoms with van der Waals surface area (Å²) in [6.07, 6.45) is 2.24. The van der Waals surface area contributed by atoms with Crippen LogP contribution in [0.1, 0.15) is 30.1 Å². The van der Waals surface area contributed by atoms with Crippen LogP contribution in [0.5, 0.6) is 17.4 Å². The Morgan fingerprint density at radius 1 is 1.04 bits per heavy atom. The van der Waals surface area contributed by atoms with Crippen LogP contribution in [0.15, 0.2) is 30.3 Å². The summed E-state index contributed by atoms with van der Waals surface area (Å²) in [6.45, 7) is 1.78. The minimum absolute atomic E-state index is 0.291. The molecule has 0 unspecified atom stereocenters. The number of aromatic nitrogens is 2. The molecule has 0 amide bonds. The van der Waals surface area contributed by atoms with Gasteiger partial charge < -0.3 is 14.2 Å². The van der Waals surface area contributed by atoms with E-state index < -0.39 is 0 Å². The van der Waals surface area contributed by atoms with Crippen molar-refractivity contribution < 1.29 is 14.2 Å². The first-order valence-electron chi connectivity index (χ1n) is 8.07. The number of ether oxygens (including phenoxy) is 3. The van der Waals surface area contributed by atoms with Crippen molar-refractivity contribution in [1.82, 2.24) is 15.1 Å². The largest absolute Gasteiger partial charge is 0.497 e. The molecule has 1 aromatic carbocycles. The molecule has 0 N–H and O–H groups in total. The smallest absolute Gasteiger partial charge is 0.233 e. The highest BCUT2D eigenvalue weighted by Gasteiger charge is 2.29. The van der Waals surface area contributed by atoms with E-state index in [1.807, 2.05) is 24.3 Å². The van der Waals surface area contributed by atoms with E-state index in [0.29, 0.717) is 11.9 Å². The van der Waals surface area contributed by atoms with Gasteiger partial charge in [0, 0.05) is 24.2 Å². The van der Waals surface area contributed by atoms with Gasteiger partial charge >= 0.3 is 0 Å². The zero-order chi connectivity index (χ0) is 16.9. The van der Waals surface area contributed by atoms with Crippen LogP contribution in [-0.4, -0.2) is 43.0 Å². The standard InChI is InChI=1S/C18H23N3O3/c1-22-14-7-8-17(23-2)15(11-14)16-5-4-10-21(16)12-13-6-9-18(24-3)20-19-13/h6-9,11,16H,4-5,10,12H2,1-3H3/t16-/m1/s1. The summed E-state index contributed by atoms with van der Waals surface area (Å²) in [4.78, 5) is 2.41. The fourth-order valence-electron chi connectivity index (χ4n) is 3.22. The second-order valence-corrected chi connectivity index (χ2v) is 5.80. The lowest BCUT2D eigenvalue weighted by atomic mass is 10.0. The summed E-state index contributed by atoms with van der Waals surface area (Å²) in [5.41, 5.74) is 2.10. The number of benzene rings is 1. The van der Waals surface area contributed by atoms with Gasteiger partial charge in [-0.3, -0.25) is 4.90 Å². The molecular weight excluding hydrogens is 306 g/mol. The number of rotatable bonds is 6. The first-order valence-corrected chi connectivity index (χ1v) is 8.07. The van der Waals surface area contributed by atoms with Crippen molar-refractivity contribution in [3.8, 4) is 17.4 Å². The molecule has 1 aromatic heterocycles. The average molecular weight is 329 g/mol. The van der Waals surface area contributed by atoms with Crippen molar-refractivity contribution in [2.24, 2.45) is 0 Å². The lowest BCUT2D eigenvalue weighted by molar-refractivity contribution is 0.238. The Morgan fingerprint density at radius 2 is 1.92 bits per heavy atom. The third kappa shape index (κ3) is 3.43. The molecule has 24 heavy (non-hydrogen) atoms. The molecule has 2 heterocycles. The quantitative estimate of drug-likeness (QED) is 0.812. The summed E-state index contributed by atoms with van der Waals surface area (Å²) < 4.78 is 16.0. The molecule has 0 radical (unpaired) electrons. The molecule has 1 fully saturated rings. The van der Waals surface area contributed by atoms with Gasteiger partial charge in [0.05, 0.1) is 27.0 Å². The lowest BCUT2D eigenvalue weighted by Gasteiger charge is -2.26. The third-order valence-electron chi connectivity index (χ3n) is 4.43. The Morgan fingerprint density at radius 3 is 2.58 bits per heavy atom. The van der Waals surface area contributed by atoms with Crippen molar-refractivity contribution in [2.45, 2.75) is 25.4 Å². The topological polar surface area (TPSA) is 56.7 Å². The van der Waals surface area contributed by atoms with Gasteiger partial charge in [0.2, 0.25) is 5.88 Å². The van der Waals surface area contributed by atoms with Crippen LogP contribution < -0.4 is 14.2 Å². The van der Waals surface area contributed by atoms with E-state index in [4.69, 9.17) is 14.2 Å². The van der Waals surface area contributed by atoms with Gasteiger partial charge in [-0.1, -0.05) is 0 Å². The molecular formula is C18H23N3O3. The number of methoxy groups -OCH3 is 3. The molecule has 0 bridgehead atoms. The predicted octanol–water partition coefficient (Wildman–Crippen LogP) is 2.84. The Bertz CT molecular complexity index is 676. The maximum atomic E-state index is 5.56. The monoisotopic (exact) mass is 329 g/mol. The van der Waals surface area contributed by atoms with Gasteiger partial charge in [-0.2, -0.15) is 5.10 Å². The van der Waals surface area contributed by atoms with Gasteiger partial charge in [0.15, 0.2) is 0 Å². The highest BCUT2D eigenvalue weighted by atomic mass is 16.5. The minimum atomic E-state index is 0.291. The molecule has 1 atom stereocenters. The molecule has 0 aliphatic carbocycles. The summed E-state index contributed by atoms with van der Waals surface area (Å²) in [6, 6.07) is 10.1. The van der Waals surface area contributed by atoms with E-state index in [9.17, 15) is 0 Å². The number of hydrogen-bond acceptors (Lipinski definition) is 6. The van der Waals surface area contributed by atoms with E-state index in [2.05, 4.69) is 21.2 Å². The minimum Gasteiger partial charge on any atom is -0.497 e. The molecule has 1 aliphatic rings. The second kappa shape index (κ2) is 7.49. The molecule has 3 rings (SSSR count). The highest BCUT2D eigenvalue weighted by Crippen LogP contribution is 2.39. The maximum Gasteiger partial charge on any atom is 0.233 e. The SMILES string of the molecule is COc1ccc(OC)c([C@H]2CCCN2Cc2ccc(OC)nn2)c1. The van der Waals surface area contributed by atoms with E-state index in [1.165, 1.54) is 0 Å². The summed E-state index contributed by atoms with van der Waals surface area (Å²) >= 11 is 0. The molecule has 128 valence electrons. The Kier molecular flexibility index (Phi) is 5.15. The number of nitrogens with zero attached hydrogens (tertiary/aromatic N) is 3. The Balaban J connectivity index is 1.82. The number of likely N-dealkylation sites (tertiary alicyclic amines) is 1. The predicted molar refractivity (Wildman–Crippen MR) is 90.5 cm³/mol. The average Bonchev–Trinajstić information content (AvgIpc) is 3.09. The third-order valence-corrected chi connectivity index (χ3v) is 4.43. The van der Waals surface area contributed by atoms with E-state index in [0.717, 1.165) is 48.7 Å². The maximum absolute atomic E-state index is 5.56. The van der Waals surface area contributed by atoms with Crippen LogP contribution in [0.3, 0.4) is 0 Å². The van der Waals surface area contributed by atoms with Crippen molar-refractivity contribution in [3.63, 3.8) is 0 Å². The van der Waals surface area contributed by atoms with Crippen LogP contribution in [-0.2, 0) is 6.54 Å². The first-order chi connectivity index (χ1) is 11.7. The van der Waals surface area contributed by atoms with Gasteiger partial charge in [-0.05, 0) is 43.7 Å². The molecule has 0 spiro atoms. The van der Waals surface area contributed by atoms with Gasteiger partial charge in [0.1, 0.15) is 11.5 Å². The lowest BCUT2D eigenvalue weighted by Crippen LogP contribution is -2.24. The van der Waals surface area contributed by atoms with E-state index in [1.54, 1.807) is 21.3 Å². The van der Waals surface area contributed by atoms with E-state index in [-0.39, 0.29) is 0 Å². The van der Waals surface area contributed by atoms with Crippen molar-refractivity contribution in [1.29, 1.82) is 0 Å². The highest BCUT2D eigenvalue weighted by molar-refractivity contribution is 5.42. The molecule has 1 aliphatic heterocycles.